The van der Waals surface area contributed by atoms with Crippen LogP contribution < -0.4 is 0 Å². The van der Waals surface area contributed by atoms with Gasteiger partial charge in [0.25, 0.3) is 0 Å². The molecule has 1 N–H and O–H groups in total. The summed E-state index contributed by atoms with van der Waals surface area (Å²) in [6.45, 7) is 12.8. The van der Waals surface area contributed by atoms with E-state index in [2.05, 4.69) is 34.6 Å². The van der Waals surface area contributed by atoms with Crippen LogP contribution in [0.3, 0.4) is 0 Å². The van der Waals surface area contributed by atoms with Gasteiger partial charge >= 0.3 is 0 Å². The highest BCUT2D eigenvalue weighted by Crippen LogP contribution is 2.38. The van der Waals surface area contributed by atoms with Crippen molar-refractivity contribution in [2.45, 2.75) is 53.4 Å². The van der Waals surface area contributed by atoms with E-state index in [0.717, 1.165) is 23.8 Å². The Kier molecular flexibility index (Phi) is 3.89. The molecule has 1 rings (SSSR count). The molecule has 0 atom stereocenters. The van der Waals surface area contributed by atoms with E-state index in [0.29, 0.717) is 5.56 Å². The lowest BCUT2D eigenvalue weighted by Crippen LogP contribution is -2.25. The van der Waals surface area contributed by atoms with Gasteiger partial charge in [-0.25, -0.2) is 0 Å². The van der Waals surface area contributed by atoms with E-state index in [1.54, 1.807) is 6.07 Å². The number of carbonyl (C=O) groups excluding carboxylic acids is 1. The van der Waals surface area contributed by atoms with E-state index in [-0.39, 0.29) is 16.6 Å². The van der Waals surface area contributed by atoms with Crippen LogP contribution in [-0.2, 0) is 5.41 Å². The zero-order valence-corrected chi connectivity index (χ0v) is 12.3. The number of phenols is 1. The number of rotatable bonds is 3. The third-order valence-electron chi connectivity index (χ3n) is 3.21. The maximum Gasteiger partial charge on any atom is 0.153 e. The Morgan fingerprint density at radius 3 is 2.17 bits per heavy atom. The number of aromatic hydroxyl groups is 1. The number of phenolic OH excluding ortho intramolecular Hbond substituents is 1. The minimum Gasteiger partial charge on any atom is -0.507 e. The van der Waals surface area contributed by atoms with E-state index in [4.69, 9.17) is 0 Å². The van der Waals surface area contributed by atoms with Crippen molar-refractivity contribution in [2.24, 2.45) is 5.41 Å². The van der Waals surface area contributed by atoms with Gasteiger partial charge in [0.15, 0.2) is 6.29 Å². The van der Waals surface area contributed by atoms with Gasteiger partial charge in [-0.3, -0.25) is 4.79 Å². The fourth-order valence-electron chi connectivity index (χ4n) is 2.72. The highest BCUT2D eigenvalue weighted by Gasteiger charge is 2.28. The van der Waals surface area contributed by atoms with Gasteiger partial charge in [0, 0.05) is 0 Å². The molecule has 0 fully saturated rings. The van der Waals surface area contributed by atoms with Gasteiger partial charge in [-0.1, -0.05) is 40.7 Å². The van der Waals surface area contributed by atoms with Crippen molar-refractivity contribution in [1.29, 1.82) is 0 Å². The predicted molar refractivity (Wildman–Crippen MR) is 75.3 cm³/mol. The Morgan fingerprint density at radius 1 is 1.17 bits per heavy atom. The molecule has 18 heavy (non-hydrogen) atoms. The number of aryl methyl sites for hydroxylation is 1. The molecule has 0 aliphatic carbocycles. The minimum absolute atomic E-state index is 0.0194. The van der Waals surface area contributed by atoms with Crippen LogP contribution in [0.2, 0.25) is 0 Å². The molecular formula is C16H24O2. The van der Waals surface area contributed by atoms with Crippen molar-refractivity contribution in [3.8, 4) is 5.75 Å². The van der Waals surface area contributed by atoms with Crippen molar-refractivity contribution in [3.63, 3.8) is 0 Å². The van der Waals surface area contributed by atoms with Crippen molar-refractivity contribution in [3.05, 3.63) is 28.8 Å². The van der Waals surface area contributed by atoms with E-state index in [1.165, 1.54) is 0 Å². The molecule has 0 bridgehead atoms. The van der Waals surface area contributed by atoms with Gasteiger partial charge in [-0.05, 0) is 41.4 Å². The van der Waals surface area contributed by atoms with Crippen molar-refractivity contribution >= 4 is 6.29 Å². The average Bonchev–Trinajstić information content (AvgIpc) is 2.18. The van der Waals surface area contributed by atoms with Crippen LogP contribution in [0.25, 0.3) is 0 Å². The molecule has 0 saturated heterocycles. The van der Waals surface area contributed by atoms with Crippen LogP contribution in [0.1, 0.15) is 62.5 Å². The lowest BCUT2D eigenvalue weighted by atomic mass is 9.72. The number of benzene rings is 1. The zero-order chi connectivity index (χ0) is 14.1. The molecule has 100 valence electrons. The second kappa shape index (κ2) is 4.75. The summed E-state index contributed by atoms with van der Waals surface area (Å²) in [7, 11) is 0. The molecule has 2 heteroatoms. The molecule has 0 saturated carbocycles. The lowest BCUT2D eigenvalue weighted by Gasteiger charge is -2.33. The summed E-state index contributed by atoms with van der Waals surface area (Å²) in [6, 6.07) is 3.79. The maximum atomic E-state index is 11.0. The smallest absolute Gasteiger partial charge is 0.153 e. The first kappa shape index (κ1) is 14.7. The molecule has 0 aliphatic rings. The maximum absolute atomic E-state index is 11.0. The van der Waals surface area contributed by atoms with E-state index in [1.807, 2.05) is 13.0 Å². The van der Waals surface area contributed by atoms with Crippen molar-refractivity contribution < 1.29 is 9.90 Å². The van der Waals surface area contributed by atoms with Crippen LogP contribution in [-0.4, -0.2) is 11.4 Å². The Morgan fingerprint density at radius 2 is 1.72 bits per heavy atom. The van der Waals surface area contributed by atoms with E-state index in [9.17, 15) is 9.90 Å². The predicted octanol–water partition coefficient (Wildman–Crippen LogP) is 4.23. The first-order valence-corrected chi connectivity index (χ1v) is 6.36. The summed E-state index contributed by atoms with van der Waals surface area (Å²) in [5.41, 5.74) is 2.45. The van der Waals surface area contributed by atoms with Gasteiger partial charge in [-0.15, -0.1) is 0 Å². The number of hydrogen-bond donors (Lipinski definition) is 1. The third kappa shape index (κ3) is 3.34. The Labute approximate surface area is 110 Å². The summed E-state index contributed by atoms with van der Waals surface area (Å²) in [6.07, 6.45) is 1.74. The van der Waals surface area contributed by atoms with Gasteiger partial charge < -0.3 is 5.11 Å². The average molecular weight is 248 g/mol. The zero-order valence-electron chi connectivity index (χ0n) is 12.3. The SMILES string of the molecule is Cc1cc(C(C)(C)CC(C)(C)C)cc(C=O)c1O. The first-order valence-electron chi connectivity index (χ1n) is 6.36. The fraction of sp³-hybridized carbons (Fsp3) is 0.562. The highest BCUT2D eigenvalue weighted by molar-refractivity contribution is 5.80. The van der Waals surface area contributed by atoms with Crippen LogP contribution in [0.4, 0.5) is 0 Å². The third-order valence-corrected chi connectivity index (χ3v) is 3.21. The van der Waals surface area contributed by atoms with Crippen molar-refractivity contribution in [1.82, 2.24) is 0 Å². The van der Waals surface area contributed by atoms with Gasteiger partial charge in [0.05, 0.1) is 5.56 Å². The quantitative estimate of drug-likeness (QED) is 0.813. The molecule has 0 unspecified atom stereocenters. The summed E-state index contributed by atoms with van der Waals surface area (Å²) in [4.78, 5) is 11.0. The second-order valence-corrected chi connectivity index (χ2v) is 6.97. The van der Waals surface area contributed by atoms with Gasteiger partial charge in [0.2, 0.25) is 0 Å². The number of aldehydes is 1. The summed E-state index contributed by atoms with van der Waals surface area (Å²) >= 11 is 0. The van der Waals surface area contributed by atoms with E-state index < -0.39 is 0 Å². The standard InChI is InChI=1S/C16H24O2/c1-11-7-13(8-12(9-17)14(11)18)16(5,6)10-15(2,3)4/h7-9,18H,10H2,1-6H3. The van der Waals surface area contributed by atoms with E-state index >= 15 is 0 Å². The van der Waals surface area contributed by atoms with Crippen LogP contribution in [0.15, 0.2) is 12.1 Å². The van der Waals surface area contributed by atoms with Crippen molar-refractivity contribution in [2.75, 3.05) is 0 Å². The molecule has 0 heterocycles. The Bertz CT molecular complexity index is 451. The molecule has 0 spiro atoms. The Hall–Kier alpha value is -1.31. The summed E-state index contributed by atoms with van der Waals surface area (Å²) < 4.78 is 0. The lowest BCUT2D eigenvalue weighted by molar-refractivity contribution is 0.112. The molecule has 0 aromatic heterocycles. The molecule has 0 amide bonds. The molecule has 2 nitrogen and oxygen atoms in total. The highest BCUT2D eigenvalue weighted by atomic mass is 16.3. The molecular weight excluding hydrogens is 224 g/mol. The summed E-state index contributed by atoms with van der Waals surface area (Å²) in [5, 5.41) is 9.79. The van der Waals surface area contributed by atoms with Gasteiger partial charge in [0.1, 0.15) is 5.75 Å². The molecule has 0 radical (unpaired) electrons. The fourth-order valence-corrected chi connectivity index (χ4v) is 2.72. The van der Waals surface area contributed by atoms with Gasteiger partial charge in [-0.2, -0.15) is 0 Å². The van der Waals surface area contributed by atoms with Crippen LogP contribution in [0.5, 0.6) is 5.75 Å². The normalized spacial score (nSPS) is 12.6. The minimum atomic E-state index is -0.0194. The van der Waals surface area contributed by atoms with Crippen LogP contribution >= 0.6 is 0 Å². The topological polar surface area (TPSA) is 37.3 Å². The number of hydrogen-bond acceptors (Lipinski definition) is 2. The summed E-state index contributed by atoms with van der Waals surface area (Å²) in [5.74, 6) is 0.0975. The largest absolute Gasteiger partial charge is 0.507 e. The molecule has 1 aromatic carbocycles. The first-order chi connectivity index (χ1) is 8.07. The Balaban J connectivity index is 3.24. The number of carbonyl (C=O) groups is 1. The van der Waals surface area contributed by atoms with Crippen LogP contribution in [0, 0.1) is 12.3 Å². The second-order valence-electron chi connectivity index (χ2n) is 6.97. The monoisotopic (exact) mass is 248 g/mol. The molecule has 1 aromatic rings. The molecule has 0 aliphatic heterocycles.